The molecule has 0 aliphatic carbocycles. The van der Waals surface area contributed by atoms with Gasteiger partial charge in [0.2, 0.25) is 22.7 Å². The van der Waals surface area contributed by atoms with Crippen LogP contribution in [0.2, 0.25) is 5.28 Å². The molecule has 1 atom stereocenters. The maximum absolute atomic E-state index is 14.1. The number of nitrogens with zero attached hydrogens (tertiary/aromatic N) is 3. The highest BCUT2D eigenvalue weighted by Gasteiger charge is 2.27. The molecule has 56 heavy (non-hydrogen) atoms. The summed E-state index contributed by atoms with van der Waals surface area (Å²) in [7, 11) is 1.56. The van der Waals surface area contributed by atoms with Crippen LogP contribution in [0.5, 0.6) is 23.0 Å². The SMILES string of the molecule is CCc1cc(NC(CC)c2ccc(Oc3c(F)c(F)c(C#N)c(F)c3F)cc2)nc(Cl)n1.COc1cc(CNCCCNCCCCNCCCN)ccc1O. The number of ether oxygens (including phenoxy) is 2. The van der Waals surface area contributed by atoms with Crippen molar-refractivity contribution >= 4 is 17.4 Å². The molecule has 0 fully saturated rings. The van der Waals surface area contributed by atoms with Gasteiger partial charge in [0.05, 0.1) is 13.2 Å². The zero-order chi connectivity index (χ0) is 40.9. The maximum atomic E-state index is 14.1. The smallest absolute Gasteiger partial charge is 0.224 e. The van der Waals surface area contributed by atoms with Gasteiger partial charge in [0.1, 0.15) is 23.2 Å². The van der Waals surface area contributed by atoms with Crippen molar-refractivity contribution in [2.45, 2.75) is 65.0 Å². The van der Waals surface area contributed by atoms with E-state index in [4.69, 9.17) is 32.1 Å². The van der Waals surface area contributed by atoms with Gasteiger partial charge in [0.25, 0.3) is 0 Å². The number of rotatable bonds is 22. The predicted octanol–water partition coefficient (Wildman–Crippen LogP) is 7.66. The highest BCUT2D eigenvalue weighted by Crippen LogP contribution is 2.34. The topological polar surface area (TPSA) is 162 Å². The number of phenols is 1. The van der Waals surface area contributed by atoms with Gasteiger partial charge in [0.15, 0.2) is 23.1 Å². The minimum atomic E-state index is -1.82. The molecule has 1 aromatic heterocycles. The van der Waals surface area contributed by atoms with Crippen LogP contribution in [0.25, 0.3) is 0 Å². The van der Waals surface area contributed by atoms with Crippen LogP contribution >= 0.6 is 11.6 Å². The molecule has 4 rings (SSSR count). The van der Waals surface area contributed by atoms with Crippen molar-refractivity contribution in [3.05, 3.63) is 99.5 Å². The Morgan fingerprint density at radius 1 is 0.839 bits per heavy atom. The lowest BCUT2D eigenvalue weighted by molar-refractivity contribution is 0.364. The highest BCUT2D eigenvalue weighted by molar-refractivity contribution is 6.28. The van der Waals surface area contributed by atoms with Crippen LogP contribution in [-0.2, 0) is 13.0 Å². The molecule has 0 aliphatic rings. The number of methoxy groups -OCH3 is 1. The zero-order valence-electron chi connectivity index (χ0n) is 32.0. The first-order valence-corrected chi connectivity index (χ1v) is 19.0. The number of aryl methyl sites for hydroxylation is 1. The Morgan fingerprint density at radius 3 is 2.05 bits per heavy atom. The number of nitrogens with two attached hydrogens (primary N) is 1. The van der Waals surface area contributed by atoms with E-state index < -0.39 is 34.6 Å². The summed E-state index contributed by atoms with van der Waals surface area (Å²) in [5, 5.41) is 31.9. The molecule has 11 nitrogen and oxygen atoms in total. The quantitative estimate of drug-likeness (QED) is 0.0200. The van der Waals surface area contributed by atoms with Gasteiger partial charge < -0.3 is 41.6 Å². The number of anilines is 1. The first-order chi connectivity index (χ1) is 27.1. The van der Waals surface area contributed by atoms with Gasteiger partial charge in [-0.05, 0) is 125 Å². The molecule has 0 saturated carbocycles. The van der Waals surface area contributed by atoms with Gasteiger partial charge in [-0.25, -0.2) is 18.7 Å². The van der Waals surface area contributed by atoms with Crippen LogP contribution in [0.15, 0.2) is 48.5 Å². The first kappa shape index (κ1) is 45.7. The third kappa shape index (κ3) is 14.4. The van der Waals surface area contributed by atoms with E-state index >= 15 is 0 Å². The summed E-state index contributed by atoms with van der Waals surface area (Å²) in [4.78, 5) is 8.27. The zero-order valence-corrected chi connectivity index (χ0v) is 32.7. The molecule has 16 heteroatoms. The number of aromatic hydroxyl groups is 1. The summed E-state index contributed by atoms with van der Waals surface area (Å²) in [5.74, 6) is -7.28. The lowest BCUT2D eigenvalue weighted by Crippen LogP contribution is -2.24. The van der Waals surface area contributed by atoms with Gasteiger partial charge in [-0.1, -0.05) is 32.0 Å². The van der Waals surface area contributed by atoms with Crippen LogP contribution in [-0.4, -0.2) is 61.5 Å². The molecule has 1 heterocycles. The fraction of sp³-hybridized carbons (Fsp3) is 0.425. The molecule has 0 radical (unpaired) electrons. The fourth-order valence-corrected chi connectivity index (χ4v) is 5.59. The standard InChI is InChI=1S/C22H17ClF4N4O.C18H34N4O2/c1-3-12-9-16(31-22(23)29-12)30-15(4-2)11-5-7-13(8-6-11)32-21-19(26)17(24)14(10-28)18(25)20(21)27;1-24-18-14-16(6-7-17(18)23)15-22-13-5-12-21-10-3-2-9-20-11-4-8-19/h5-9,15H,3-4H2,1-2H3,(H,29,30,31);6-7,14,20-23H,2-5,8-13,15,19H2,1H3. The number of benzene rings is 3. The summed E-state index contributed by atoms with van der Waals surface area (Å²) >= 11 is 5.95. The Labute approximate surface area is 331 Å². The van der Waals surface area contributed by atoms with Crippen LogP contribution < -0.4 is 36.5 Å². The maximum Gasteiger partial charge on any atom is 0.224 e. The lowest BCUT2D eigenvalue weighted by atomic mass is 10.0. The number of hydrogen-bond donors (Lipinski definition) is 6. The normalized spacial score (nSPS) is 11.4. The van der Waals surface area contributed by atoms with Crippen molar-refractivity contribution in [1.82, 2.24) is 25.9 Å². The van der Waals surface area contributed by atoms with Crippen LogP contribution in [0, 0.1) is 34.6 Å². The second-order valence-electron chi connectivity index (χ2n) is 12.6. The Bertz CT molecular complexity index is 1820. The van der Waals surface area contributed by atoms with Crippen molar-refractivity contribution < 1.29 is 32.1 Å². The number of nitriles is 1. The van der Waals surface area contributed by atoms with E-state index in [9.17, 15) is 22.7 Å². The van der Waals surface area contributed by atoms with Gasteiger partial charge in [-0.3, -0.25) is 0 Å². The number of aromatic nitrogens is 2. The van der Waals surface area contributed by atoms with E-state index in [0.29, 0.717) is 24.4 Å². The van der Waals surface area contributed by atoms with Gasteiger partial charge in [-0.15, -0.1) is 0 Å². The van der Waals surface area contributed by atoms with E-state index in [-0.39, 0.29) is 22.8 Å². The molecule has 0 saturated heterocycles. The van der Waals surface area contributed by atoms with Crippen molar-refractivity contribution in [3.8, 4) is 29.1 Å². The summed E-state index contributed by atoms with van der Waals surface area (Å²) in [5.41, 5.74) is 6.77. The van der Waals surface area contributed by atoms with Gasteiger partial charge >= 0.3 is 0 Å². The molecule has 4 aromatic rings. The Hall–Kier alpha value is -4.72. The van der Waals surface area contributed by atoms with Crippen molar-refractivity contribution in [2.24, 2.45) is 5.73 Å². The first-order valence-electron chi connectivity index (χ1n) is 18.6. The number of unbranched alkanes of at least 4 members (excludes halogenated alkanes) is 1. The largest absolute Gasteiger partial charge is 0.504 e. The average Bonchev–Trinajstić information content (AvgIpc) is 3.20. The molecule has 1 unspecified atom stereocenters. The monoisotopic (exact) mass is 802 g/mol. The average molecular weight is 803 g/mol. The second-order valence-corrected chi connectivity index (χ2v) is 12.9. The highest BCUT2D eigenvalue weighted by atomic mass is 35.5. The van der Waals surface area contributed by atoms with Crippen LogP contribution in [0.4, 0.5) is 23.4 Å². The minimum Gasteiger partial charge on any atom is -0.504 e. The fourth-order valence-electron chi connectivity index (χ4n) is 5.39. The molecular weight excluding hydrogens is 752 g/mol. The van der Waals surface area contributed by atoms with E-state index in [1.165, 1.54) is 25.0 Å². The number of hydrogen-bond acceptors (Lipinski definition) is 11. The van der Waals surface area contributed by atoms with Crippen LogP contribution in [0.3, 0.4) is 0 Å². The predicted molar refractivity (Wildman–Crippen MR) is 210 cm³/mol. The summed E-state index contributed by atoms with van der Waals surface area (Å²) < 4.78 is 65.9. The molecule has 3 aromatic carbocycles. The molecule has 304 valence electrons. The number of phenolic OH excluding ortho intramolecular Hbond substituents is 1. The summed E-state index contributed by atoms with van der Waals surface area (Å²) in [6.45, 7) is 10.6. The summed E-state index contributed by atoms with van der Waals surface area (Å²) in [6, 6.07) is 14.2. The minimum absolute atomic E-state index is 0.0525. The number of halogens is 5. The van der Waals surface area contributed by atoms with Crippen LogP contribution in [0.1, 0.15) is 74.4 Å². The molecule has 7 N–H and O–H groups in total. The molecule has 0 spiro atoms. The third-order valence-electron chi connectivity index (χ3n) is 8.48. The Balaban J connectivity index is 0.000000314. The van der Waals surface area contributed by atoms with E-state index in [1.54, 1.807) is 31.4 Å². The van der Waals surface area contributed by atoms with Gasteiger partial charge in [-0.2, -0.15) is 14.0 Å². The van der Waals surface area contributed by atoms with Crippen molar-refractivity contribution in [2.75, 3.05) is 51.7 Å². The number of nitrogens with one attached hydrogen (secondary N) is 4. The lowest BCUT2D eigenvalue weighted by Gasteiger charge is -2.19. The van der Waals surface area contributed by atoms with E-state index in [2.05, 4.69) is 31.2 Å². The van der Waals surface area contributed by atoms with Crippen molar-refractivity contribution in [1.29, 1.82) is 5.26 Å². The molecule has 0 amide bonds. The Morgan fingerprint density at radius 2 is 1.46 bits per heavy atom. The van der Waals surface area contributed by atoms with Gasteiger partial charge in [0, 0.05) is 18.3 Å². The second kappa shape index (κ2) is 24.7. The summed E-state index contributed by atoms with van der Waals surface area (Å²) in [6.07, 6.45) is 5.92. The molecular formula is C40H51ClF4N8O3. The Kier molecular flexibility index (Phi) is 20.2. The van der Waals surface area contributed by atoms with E-state index in [0.717, 1.165) is 81.5 Å². The third-order valence-corrected chi connectivity index (χ3v) is 8.65. The molecule has 0 bridgehead atoms. The van der Waals surface area contributed by atoms with Crippen molar-refractivity contribution in [3.63, 3.8) is 0 Å². The van der Waals surface area contributed by atoms with E-state index in [1.807, 2.05) is 26.0 Å². The molecule has 0 aliphatic heterocycles.